The summed E-state index contributed by atoms with van der Waals surface area (Å²) in [4.78, 5) is 28.3. The van der Waals surface area contributed by atoms with Crippen molar-refractivity contribution >= 4 is 23.7 Å². The average molecular weight is 534 g/mol. The Labute approximate surface area is 224 Å². The first kappa shape index (κ1) is 27.1. The molecular formula is C30H28FNO5S. The lowest BCUT2D eigenvalue weighted by molar-refractivity contribution is -0.144. The van der Waals surface area contributed by atoms with Gasteiger partial charge in [0, 0.05) is 10.8 Å². The molecule has 1 atom stereocenters. The van der Waals surface area contributed by atoms with Crippen LogP contribution < -0.4 is 0 Å². The Morgan fingerprint density at radius 3 is 2.37 bits per heavy atom. The van der Waals surface area contributed by atoms with Crippen LogP contribution in [0.4, 0.5) is 4.39 Å². The number of thioether (sulfide) groups is 1. The minimum Gasteiger partial charge on any atom is -0.481 e. The van der Waals surface area contributed by atoms with Crippen molar-refractivity contribution in [1.82, 2.24) is 4.98 Å². The number of hydrogen-bond acceptors (Lipinski definition) is 6. The van der Waals surface area contributed by atoms with Crippen LogP contribution >= 0.6 is 11.8 Å². The van der Waals surface area contributed by atoms with Gasteiger partial charge in [0.05, 0.1) is 18.5 Å². The molecule has 6 nitrogen and oxygen atoms in total. The molecule has 8 heteroatoms. The zero-order valence-electron chi connectivity index (χ0n) is 20.9. The molecule has 0 spiro atoms. The van der Waals surface area contributed by atoms with Crippen LogP contribution in [0.2, 0.25) is 0 Å². The highest BCUT2D eigenvalue weighted by molar-refractivity contribution is 7.99. The van der Waals surface area contributed by atoms with E-state index in [9.17, 15) is 19.1 Å². The quantitative estimate of drug-likeness (QED) is 0.206. The largest absolute Gasteiger partial charge is 0.481 e. The van der Waals surface area contributed by atoms with Gasteiger partial charge in [0.2, 0.25) is 5.89 Å². The van der Waals surface area contributed by atoms with E-state index >= 15 is 0 Å². The van der Waals surface area contributed by atoms with Crippen LogP contribution in [0.15, 0.2) is 83.3 Å². The van der Waals surface area contributed by atoms with Gasteiger partial charge in [-0.2, -0.15) is 11.8 Å². The topological polar surface area (TPSA) is 89.6 Å². The summed E-state index contributed by atoms with van der Waals surface area (Å²) in [6.07, 6.45) is 0.711. The van der Waals surface area contributed by atoms with Crippen molar-refractivity contribution in [2.45, 2.75) is 38.0 Å². The SMILES string of the molecule is Cc1oc(-c2ccccc2)nc1CC(=O)OCc1ccc(C(CC(=O)O)SCCc2ccc(F)cc2)cc1. The molecule has 0 radical (unpaired) electrons. The molecule has 0 amide bonds. The number of carboxylic acids is 1. The van der Waals surface area contributed by atoms with Crippen LogP contribution in [0.3, 0.4) is 0 Å². The summed E-state index contributed by atoms with van der Waals surface area (Å²) in [7, 11) is 0. The first-order chi connectivity index (χ1) is 18.4. The molecular weight excluding hydrogens is 505 g/mol. The molecule has 0 aliphatic rings. The highest BCUT2D eigenvalue weighted by atomic mass is 32.2. The third-order valence-corrected chi connectivity index (χ3v) is 7.24. The first-order valence-corrected chi connectivity index (χ1v) is 13.3. The first-order valence-electron chi connectivity index (χ1n) is 12.2. The van der Waals surface area contributed by atoms with Crippen molar-refractivity contribution < 1.29 is 28.2 Å². The molecule has 1 unspecified atom stereocenters. The van der Waals surface area contributed by atoms with Crippen molar-refractivity contribution in [1.29, 1.82) is 0 Å². The Morgan fingerprint density at radius 1 is 1.00 bits per heavy atom. The number of benzene rings is 3. The second kappa shape index (κ2) is 13.1. The molecule has 1 N–H and O–H groups in total. The molecule has 0 aliphatic carbocycles. The summed E-state index contributed by atoms with van der Waals surface area (Å²) >= 11 is 1.55. The Hall–Kier alpha value is -3.91. The van der Waals surface area contributed by atoms with Gasteiger partial charge in [-0.15, -0.1) is 0 Å². The van der Waals surface area contributed by atoms with E-state index in [0.717, 1.165) is 22.3 Å². The number of hydrogen-bond donors (Lipinski definition) is 1. The summed E-state index contributed by atoms with van der Waals surface area (Å²) in [5.74, 6) is 0.183. The van der Waals surface area contributed by atoms with Gasteiger partial charge in [-0.1, -0.05) is 54.6 Å². The lowest BCUT2D eigenvalue weighted by Crippen LogP contribution is -2.09. The number of aryl methyl sites for hydroxylation is 2. The van der Waals surface area contributed by atoms with Crippen molar-refractivity contribution in [3.05, 3.63) is 113 Å². The molecule has 0 bridgehead atoms. The lowest BCUT2D eigenvalue weighted by Gasteiger charge is -2.16. The predicted octanol–water partition coefficient (Wildman–Crippen LogP) is 6.57. The molecule has 0 saturated heterocycles. The van der Waals surface area contributed by atoms with Crippen molar-refractivity contribution in [2.24, 2.45) is 0 Å². The number of halogens is 1. The zero-order chi connectivity index (χ0) is 26.9. The Kier molecular flexibility index (Phi) is 9.32. The second-order valence-corrected chi connectivity index (χ2v) is 10.1. The zero-order valence-corrected chi connectivity index (χ0v) is 21.7. The number of oxazole rings is 1. The van der Waals surface area contributed by atoms with Crippen LogP contribution in [-0.4, -0.2) is 27.8 Å². The molecule has 38 heavy (non-hydrogen) atoms. The molecule has 3 aromatic carbocycles. The minimum atomic E-state index is -0.874. The van der Waals surface area contributed by atoms with Gasteiger partial charge in [-0.3, -0.25) is 9.59 Å². The highest BCUT2D eigenvalue weighted by Crippen LogP contribution is 2.33. The number of nitrogens with zero attached hydrogens (tertiary/aromatic N) is 1. The summed E-state index contributed by atoms with van der Waals surface area (Å²) in [5.41, 5.74) is 4.07. The predicted molar refractivity (Wildman–Crippen MR) is 144 cm³/mol. The fraction of sp³-hybridized carbons (Fsp3) is 0.233. The maximum Gasteiger partial charge on any atom is 0.312 e. The number of esters is 1. The maximum absolute atomic E-state index is 13.1. The van der Waals surface area contributed by atoms with Crippen molar-refractivity contribution in [3.63, 3.8) is 0 Å². The van der Waals surface area contributed by atoms with Gasteiger partial charge < -0.3 is 14.3 Å². The van der Waals surface area contributed by atoms with E-state index in [1.165, 1.54) is 12.1 Å². The number of ether oxygens (including phenoxy) is 1. The van der Waals surface area contributed by atoms with E-state index in [0.29, 0.717) is 29.5 Å². The molecule has 4 aromatic rings. The van der Waals surface area contributed by atoms with Gasteiger partial charge in [0.15, 0.2) is 0 Å². The average Bonchev–Trinajstić information content (AvgIpc) is 3.28. The van der Waals surface area contributed by atoms with Crippen LogP contribution in [0.5, 0.6) is 0 Å². The van der Waals surface area contributed by atoms with Crippen LogP contribution in [0.1, 0.15) is 39.8 Å². The molecule has 4 rings (SSSR count). The summed E-state index contributed by atoms with van der Waals surface area (Å²) < 4.78 is 24.3. The number of aromatic nitrogens is 1. The number of carbonyl (C=O) groups is 2. The Bertz CT molecular complexity index is 1350. The third-order valence-electron chi connectivity index (χ3n) is 5.96. The minimum absolute atomic E-state index is 0.00559. The molecule has 0 aliphatic heterocycles. The number of rotatable bonds is 12. The van der Waals surface area contributed by atoms with Gasteiger partial charge in [0.25, 0.3) is 0 Å². The van der Waals surface area contributed by atoms with E-state index < -0.39 is 11.9 Å². The van der Waals surface area contributed by atoms with Crippen LogP contribution in [0, 0.1) is 12.7 Å². The number of aliphatic carboxylic acids is 1. The highest BCUT2D eigenvalue weighted by Gasteiger charge is 2.18. The second-order valence-electron chi connectivity index (χ2n) is 8.80. The van der Waals surface area contributed by atoms with E-state index in [-0.39, 0.29) is 30.5 Å². The molecule has 0 saturated carbocycles. The normalized spacial score (nSPS) is 11.7. The fourth-order valence-corrected chi connectivity index (χ4v) is 5.13. The van der Waals surface area contributed by atoms with E-state index in [1.54, 1.807) is 30.8 Å². The smallest absolute Gasteiger partial charge is 0.312 e. The summed E-state index contributed by atoms with van der Waals surface area (Å²) in [6.45, 7) is 1.87. The molecule has 196 valence electrons. The number of carboxylic acid groups (broad SMARTS) is 1. The van der Waals surface area contributed by atoms with Crippen molar-refractivity contribution in [2.75, 3.05) is 5.75 Å². The summed E-state index contributed by atoms with van der Waals surface area (Å²) in [5, 5.41) is 9.15. The standard InChI is InChI=1S/C30H28FNO5S/c1-20-26(32-30(37-20)24-5-3-2-4-6-24)17-29(35)36-19-22-7-11-23(12-8-22)27(18-28(33)34)38-16-15-21-9-13-25(31)14-10-21/h2-14,27H,15-19H2,1H3,(H,33,34). The van der Waals surface area contributed by atoms with Gasteiger partial charge >= 0.3 is 11.9 Å². The molecule has 1 aromatic heterocycles. The van der Waals surface area contributed by atoms with E-state index in [1.807, 2.05) is 54.6 Å². The van der Waals surface area contributed by atoms with Crippen LogP contribution in [0.25, 0.3) is 11.5 Å². The van der Waals surface area contributed by atoms with Gasteiger partial charge in [-0.05, 0) is 60.1 Å². The Balaban J connectivity index is 1.30. The number of carbonyl (C=O) groups excluding carboxylic acids is 1. The lowest BCUT2D eigenvalue weighted by atomic mass is 10.1. The monoisotopic (exact) mass is 533 g/mol. The summed E-state index contributed by atoms with van der Waals surface area (Å²) in [6, 6.07) is 23.2. The fourth-order valence-electron chi connectivity index (χ4n) is 3.88. The van der Waals surface area contributed by atoms with Gasteiger partial charge in [0.1, 0.15) is 18.2 Å². The van der Waals surface area contributed by atoms with Crippen molar-refractivity contribution in [3.8, 4) is 11.5 Å². The maximum atomic E-state index is 13.1. The van der Waals surface area contributed by atoms with Gasteiger partial charge in [-0.25, -0.2) is 9.37 Å². The third kappa shape index (κ3) is 7.79. The molecule has 0 fully saturated rings. The molecule has 1 heterocycles. The van der Waals surface area contributed by atoms with E-state index in [4.69, 9.17) is 9.15 Å². The van der Waals surface area contributed by atoms with Crippen LogP contribution in [-0.2, 0) is 33.8 Å². The Morgan fingerprint density at radius 2 is 1.68 bits per heavy atom. The van der Waals surface area contributed by atoms with E-state index in [2.05, 4.69) is 4.98 Å².